The van der Waals surface area contributed by atoms with Crippen molar-refractivity contribution in [1.82, 2.24) is 0 Å². The fraction of sp³-hybridized carbons (Fsp3) is 0.500. The lowest BCUT2D eigenvalue weighted by Gasteiger charge is -2.13. The van der Waals surface area contributed by atoms with E-state index in [1.807, 2.05) is 12.1 Å². The van der Waals surface area contributed by atoms with E-state index >= 15 is 0 Å². The Hall–Kier alpha value is -1.27. The van der Waals surface area contributed by atoms with Gasteiger partial charge in [-0.15, -0.1) is 0 Å². The molecule has 0 aliphatic rings. The molecule has 0 bridgehead atoms. The Bertz CT molecular complexity index is 473. The van der Waals surface area contributed by atoms with Gasteiger partial charge in [0.25, 0.3) is 10.1 Å². The molecule has 1 atom stereocenters. The molecule has 0 saturated carbocycles. The summed E-state index contributed by atoms with van der Waals surface area (Å²) < 4.78 is 37.2. The molecule has 0 saturated heterocycles. The predicted molar refractivity (Wildman–Crippen MR) is 68.6 cm³/mol. The minimum Gasteiger partial charge on any atom is -0.497 e. The molecule has 1 rings (SSSR count). The normalized spacial score (nSPS) is 13.1. The standard InChI is InChI=1S/C12H18O5S/c1-9(17-18(4,13)14)5-10-6-11(15-2)8-12(7-10)16-3/h6-9H,5H2,1-4H3. The smallest absolute Gasteiger partial charge is 0.264 e. The maximum absolute atomic E-state index is 11.0. The third-order valence-electron chi connectivity index (χ3n) is 2.27. The number of ether oxygens (including phenoxy) is 2. The molecule has 6 heteroatoms. The van der Waals surface area contributed by atoms with Crippen molar-refractivity contribution < 1.29 is 22.1 Å². The summed E-state index contributed by atoms with van der Waals surface area (Å²) in [5, 5.41) is 0. The Morgan fingerprint density at radius 2 is 1.61 bits per heavy atom. The Balaban J connectivity index is 2.83. The van der Waals surface area contributed by atoms with Crippen LogP contribution in [0, 0.1) is 0 Å². The monoisotopic (exact) mass is 274 g/mol. The van der Waals surface area contributed by atoms with Crippen LogP contribution in [0.25, 0.3) is 0 Å². The summed E-state index contributed by atoms with van der Waals surface area (Å²) in [5.74, 6) is 1.33. The maximum Gasteiger partial charge on any atom is 0.264 e. The van der Waals surface area contributed by atoms with Crippen LogP contribution in [0.1, 0.15) is 12.5 Å². The van der Waals surface area contributed by atoms with Crippen molar-refractivity contribution in [2.45, 2.75) is 19.4 Å². The summed E-state index contributed by atoms with van der Waals surface area (Å²) in [4.78, 5) is 0. The fourth-order valence-electron chi connectivity index (χ4n) is 1.65. The zero-order valence-corrected chi connectivity index (χ0v) is 11.8. The van der Waals surface area contributed by atoms with Crippen molar-refractivity contribution >= 4 is 10.1 Å². The van der Waals surface area contributed by atoms with Gasteiger partial charge in [0.1, 0.15) is 11.5 Å². The first kappa shape index (κ1) is 14.8. The third kappa shape index (κ3) is 4.93. The Morgan fingerprint density at radius 1 is 1.11 bits per heavy atom. The second-order valence-corrected chi connectivity index (χ2v) is 5.64. The number of hydrogen-bond donors (Lipinski definition) is 0. The molecule has 0 spiro atoms. The van der Waals surface area contributed by atoms with Gasteiger partial charge in [-0.2, -0.15) is 8.42 Å². The van der Waals surface area contributed by atoms with Crippen LogP contribution in [-0.2, 0) is 20.7 Å². The lowest BCUT2D eigenvalue weighted by Crippen LogP contribution is -2.16. The largest absolute Gasteiger partial charge is 0.497 e. The molecule has 0 amide bonds. The molecule has 0 heterocycles. The molecular formula is C12H18O5S. The van der Waals surface area contributed by atoms with E-state index in [1.165, 1.54) is 0 Å². The van der Waals surface area contributed by atoms with Gasteiger partial charge in [0.2, 0.25) is 0 Å². The minimum atomic E-state index is -3.44. The Labute approximate surface area is 108 Å². The van der Waals surface area contributed by atoms with Gasteiger partial charge < -0.3 is 9.47 Å². The summed E-state index contributed by atoms with van der Waals surface area (Å²) in [5.41, 5.74) is 0.891. The first-order valence-electron chi connectivity index (χ1n) is 5.44. The molecule has 0 aliphatic carbocycles. The van der Waals surface area contributed by atoms with Crippen molar-refractivity contribution in [2.75, 3.05) is 20.5 Å². The van der Waals surface area contributed by atoms with Crippen LogP contribution in [0.2, 0.25) is 0 Å². The zero-order valence-electron chi connectivity index (χ0n) is 11.0. The van der Waals surface area contributed by atoms with E-state index in [-0.39, 0.29) is 0 Å². The second-order valence-electron chi connectivity index (χ2n) is 4.04. The third-order valence-corrected chi connectivity index (χ3v) is 2.95. The van der Waals surface area contributed by atoms with Gasteiger partial charge in [0.15, 0.2) is 0 Å². The molecular weight excluding hydrogens is 256 g/mol. The first-order chi connectivity index (χ1) is 8.34. The van der Waals surface area contributed by atoms with E-state index < -0.39 is 16.2 Å². The SMILES string of the molecule is COc1cc(CC(C)OS(C)(=O)=O)cc(OC)c1. The van der Waals surface area contributed by atoms with Gasteiger partial charge in [-0.25, -0.2) is 0 Å². The molecule has 1 unspecified atom stereocenters. The summed E-state index contributed by atoms with van der Waals surface area (Å²) in [6.07, 6.45) is 1.06. The van der Waals surface area contributed by atoms with Gasteiger partial charge in [-0.05, 0) is 24.6 Å². The van der Waals surface area contributed by atoms with Gasteiger partial charge >= 0.3 is 0 Å². The van der Waals surface area contributed by atoms with Gasteiger partial charge in [0.05, 0.1) is 26.6 Å². The maximum atomic E-state index is 11.0. The van der Waals surface area contributed by atoms with E-state index in [1.54, 1.807) is 27.2 Å². The van der Waals surface area contributed by atoms with Crippen LogP contribution in [-0.4, -0.2) is 35.0 Å². The first-order valence-corrected chi connectivity index (χ1v) is 7.26. The highest BCUT2D eigenvalue weighted by molar-refractivity contribution is 7.86. The van der Waals surface area contributed by atoms with Gasteiger partial charge in [-0.1, -0.05) is 0 Å². The molecule has 1 aromatic rings. The zero-order chi connectivity index (χ0) is 13.8. The number of benzene rings is 1. The van der Waals surface area contributed by atoms with E-state index in [0.717, 1.165) is 11.8 Å². The van der Waals surface area contributed by atoms with Crippen molar-refractivity contribution in [3.8, 4) is 11.5 Å². The molecule has 0 aliphatic heterocycles. The van der Waals surface area contributed by atoms with E-state index in [2.05, 4.69) is 0 Å². The molecule has 5 nitrogen and oxygen atoms in total. The minimum absolute atomic E-state index is 0.434. The van der Waals surface area contributed by atoms with Crippen LogP contribution in [0.4, 0.5) is 0 Å². The summed E-state index contributed by atoms with van der Waals surface area (Å²) in [6.45, 7) is 1.70. The predicted octanol–water partition coefficient (Wildman–Crippen LogP) is 1.61. The molecule has 1 aromatic carbocycles. The van der Waals surface area contributed by atoms with Crippen molar-refractivity contribution in [1.29, 1.82) is 0 Å². The average Bonchev–Trinajstić information content (AvgIpc) is 2.25. The lowest BCUT2D eigenvalue weighted by molar-refractivity contribution is 0.231. The number of methoxy groups -OCH3 is 2. The van der Waals surface area contributed by atoms with Crippen molar-refractivity contribution in [2.24, 2.45) is 0 Å². The highest BCUT2D eigenvalue weighted by Crippen LogP contribution is 2.23. The van der Waals surface area contributed by atoms with Crippen molar-refractivity contribution in [3.63, 3.8) is 0 Å². The van der Waals surface area contributed by atoms with Crippen LogP contribution < -0.4 is 9.47 Å². The average molecular weight is 274 g/mol. The number of rotatable bonds is 6. The molecule has 0 N–H and O–H groups in total. The lowest BCUT2D eigenvalue weighted by atomic mass is 10.1. The van der Waals surface area contributed by atoms with E-state index in [0.29, 0.717) is 17.9 Å². The second kappa shape index (κ2) is 6.06. The van der Waals surface area contributed by atoms with Crippen LogP contribution in [0.3, 0.4) is 0 Å². The van der Waals surface area contributed by atoms with Crippen LogP contribution in [0.15, 0.2) is 18.2 Å². The summed E-state index contributed by atoms with van der Waals surface area (Å²) in [7, 11) is -0.308. The number of hydrogen-bond acceptors (Lipinski definition) is 5. The van der Waals surface area contributed by atoms with Gasteiger partial charge in [-0.3, -0.25) is 4.18 Å². The van der Waals surface area contributed by atoms with Crippen LogP contribution >= 0.6 is 0 Å². The molecule has 0 fully saturated rings. The van der Waals surface area contributed by atoms with Crippen molar-refractivity contribution in [3.05, 3.63) is 23.8 Å². The molecule has 0 radical (unpaired) electrons. The Morgan fingerprint density at radius 3 is 2.00 bits per heavy atom. The van der Waals surface area contributed by atoms with Crippen LogP contribution in [0.5, 0.6) is 11.5 Å². The van der Waals surface area contributed by atoms with E-state index in [9.17, 15) is 8.42 Å². The van der Waals surface area contributed by atoms with E-state index in [4.69, 9.17) is 13.7 Å². The Kier molecular flexibility index (Phi) is 4.98. The molecule has 18 heavy (non-hydrogen) atoms. The molecule has 0 aromatic heterocycles. The fourth-order valence-corrected chi connectivity index (χ4v) is 2.31. The highest BCUT2D eigenvalue weighted by Gasteiger charge is 2.12. The quantitative estimate of drug-likeness (QED) is 0.737. The highest BCUT2D eigenvalue weighted by atomic mass is 32.2. The topological polar surface area (TPSA) is 61.8 Å². The van der Waals surface area contributed by atoms with Gasteiger partial charge in [0, 0.05) is 12.5 Å². The molecule has 102 valence electrons. The summed E-state index contributed by atoms with van der Waals surface area (Å²) in [6, 6.07) is 5.40. The summed E-state index contributed by atoms with van der Waals surface area (Å²) >= 11 is 0.